The maximum absolute atomic E-state index is 4.36. The Morgan fingerprint density at radius 1 is 0.938 bits per heavy atom. The van der Waals surface area contributed by atoms with Crippen molar-refractivity contribution in [3.05, 3.63) is 66.9 Å². The van der Waals surface area contributed by atoms with Gasteiger partial charge in [0.2, 0.25) is 0 Å². The van der Waals surface area contributed by atoms with Gasteiger partial charge in [0, 0.05) is 11.6 Å². The van der Waals surface area contributed by atoms with E-state index >= 15 is 0 Å². The molecule has 0 bridgehead atoms. The maximum atomic E-state index is 4.36. The van der Waals surface area contributed by atoms with E-state index in [1.807, 2.05) is 48.7 Å². The smallest absolute Gasteiger partial charge is 0.0708 e. The van der Waals surface area contributed by atoms with Crippen LogP contribution in [0.3, 0.4) is 0 Å². The molecule has 0 aliphatic heterocycles. The summed E-state index contributed by atoms with van der Waals surface area (Å²) in [6.07, 6.45) is 1.85. The number of nitrogens with zero attached hydrogens (tertiary/aromatic N) is 1. The van der Waals surface area contributed by atoms with Crippen LogP contribution in [0, 0.1) is 6.07 Å². The van der Waals surface area contributed by atoms with Gasteiger partial charge in [-0.3, -0.25) is 4.98 Å². The lowest BCUT2D eigenvalue weighted by Crippen LogP contribution is -1.83. The van der Waals surface area contributed by atoms with Gasteiger partial charge in [0.15, 0.2) is 0 Å². The molecule has 2 aromatic carbocycles. The predicted molar refractivity (Wildman–Crippen MR) is 66.0 cm³/mol. The Bertz CT molecular complexity index is 609. The highest BCUT2D eigenvalue weighted by Gasteiger charge is 2.02. The number of hydrogen-bond acceptors (Lipinski definition) is 1. The molecule has 0 saturated carbocycles. The summed E-state index contributed by atoms with van der Waals surface area (Å²) in [5, 5.41) is 1.18. The fourth-order valence-corrected chi connectivity index (χ4v) is 1.91. The third-order valence-corrected chi connectivity index (χ3v) is 2.67. The zero-order chi connectivity index (χ0) is 10.8. The van der Waals surface area contributed by atoms with Crippen molar-refractivity contribution in [2.45, 2.75) is 0 Å². The van der Waals surface area contributed by atoms with Crippen molar-refractivity contribution >= 4 is 10.9 Å². The molecule has 0 N–H and O–H groups in total. The number of hydrogen-bond donors (Lipinski definition) is 0. The first-order valence-corrected chi connectivity index (χ1v) is 5.25. The van der Waals surface area contributed by atoms with Gasteiger partial charge in [0.1, 0.15) is 0 Å². The minimum absolute atomic E-state index is 1.03. The molecule has 1 heteroatoms. The second-order valence-electron chi connectivity index (χ2n) is 3.67. The molecule has 0 aliphatic carbocycles. The zero-order valence-electron chi connectivity index (χ0n) is 8.72. The van der Waals surface area contributed by atoms with E-state index in [0.29, 0.717) is 0 Å². The van der Waals surface area contributed by atoms with Crippen molar-refractivity contribution in [2.75, 3.05) is 0 Å². The lowest BCUT2D eigenvalue weighted by molar-refractivity contribution is 1.41. The summed E-state index contributed by atoms with van der Waals surface area (Å²) in [4.78, 5) is 4.36. The average molecular weight is 204 g/mol. The van der Waals surface area contributed by atoms with Gasteiger partial charge in [-0.2, -0.15) is 0 Å². The van der Waals surface area contributed by atoms with E-state index < -0.39 is 0 Å². The van der Waals surface area contributed by atoms with Crippen LogP contribution < -0.4 is 0 Å². The second-order valence-corrected chi connectivity index (χ2v) is 3.67. The fourth-order valence-electron chi connectivity index (χ4n) is 1.91. The van der Waals surface area contributed by atoms with Gasteiger partial charge in [-0.25, -0.2) is 0 Å². The molecule has 0 unspecified atom stereocenters. The molecular formula is C15H10N. The van der Waals surface area contributed by atoms with E-state index in [9.17, 15) is 0 Å². The standard InChI is InChI=1S/C15H10N/c1-2-6-12(7-3-1)13-10-11-16-15-9-5-4-8-14(13)15/h1-2,4-11H. The van der Waals surface area contributed by atoms with E-state index in [1.165, 1.54) is 16.5 Å². The number of benzene rings is 2. The van der Waals surface area contributed by atoms with Crippen LogP contribution >= 0.6 is 0 Å². The molecule has 0 spiro atoms. The van der Waals surface area contributed by atoms with Crippen LogP contribution in [-0.4, -0.2) is 4.98 Å². The van der Waals surface area contributed by atoms with E-state index in [2.05, 4.69) is 23.2 Å². The Kier molecular flexibility index (Phi) is 2.15. The molecule has 3 aromatic rings. The second kappa shape index (κ2) is 3.78. The van der Waals surface area contributed by atoms with Gasteiger partial charge in [-0.05, 0) is 35.4 Å². The number of pyridine rings is 1. The lowest BCUT2D eigenvalue weighted by Gasteiger charge is -2.05. The van der Waals surface area contributed by atoms with Crippen molar-refractivity contribution in [2.24, 2.45) is 0 Å². The van der Waals surface area contributed by atoms with E-state index in [-0.39, 0.29) is 0 Å². The monoisotopic (exact) mass is 204 g/mol. The molecule has 1 radical (unpaired) electrons. The highest BCUT2D eigenvalue weighted by molar-refractivity contribution is 5.94. The van der Waals surface area contributed by atoms with Crippen LogP contribution in [0.4, 0.5) is 0 Å². The Morgan fingerprint density at radius 3 is 2.75 bits per heavy atom. The summed E-state index contributed by atoms with van der Waals surface area (Å²) in [5.41, 5.74) is 3.42. The number of rotatable bonds is 1. The molecule has 1 aromatic heterocycles. The van der Waals surface area contributed by atoms with Crippen LogP contribution in [-0.2, 0) is 0 Å². The number of aromatic nitrogens is 1. The third-order valence-electron chi connectivity index (χ3n) is 2.67. The predicted octanol–water partition coefficient (Wildman–Crippen LogP) is 3.70. The van der Waals surface area contributed by atoms with Gasteiger partial charge in [0.05, 0.1) is 5.52 Å². The Balaban J connectivity index is 2.32. The topological polar surface area (TPSA) is 12.9 Å². The van der Waals surface area contributed by atoms with Crippen LogP contribution in [0.25, 0.3) is 22.0 Å². The van der Waals surface area contributed by atoms with Gasteiger partial charge in [0.25, 0.3) is 0 Å². The van der Waals surface area contributed by atoms with E-state index in [1.54, 1.807) is 0 Å². The molecule has 3 rings (SSSR count). The average Bonchev–Trinajstić information content (AvgIpc) is 2.39. The molecule has 0 atom stereocenters. The molecule has 0 saturated heterocycles. The van der Waals surface area contributed by atoms with Crippen molar-refractivity contribution < 1.29 is 0 Å². The SMILES string of the molecule is [c]1cccc(-c2ccnc3ccccc23)c1. The molecular weight excluding hydrogens is 194 g/mol. The maximum Gasteiger partial charge on any atom is 0.0708 e. The Hall–Kier alpha value is -2.15. The first-order valence-electron chi connectivity index (χ1n) is 5.25. The quantitative estimate of drug-likeness (QED) is 0.589. The van der Waals surface area contributed by atoms with E-state index in [0.717, 1.165) is 5.52 Å². The van der Waals surface area contributed by atoms with Crippen molar-refractivity contribution in [1.82, 2.24) is 4.98 Å². The Morgan fingerprint density at radius 2 is 1.88 bits per heavy atom. The molecule has 16 heavy (non-hydrogen) atoms. The van der Waals surface area contributed by atoms with Crippen molar-refractivity contribution in [1.29, 1.82) is 0 Å². The summed E-state index contributed by atoms with van der Waals surface area (Å²) in [6, 6.07) is 21.3. The van der Waals surface area contributed by atoms with E-state index in [4.69, 9.17) is 0 Å². The van der Waals surface area contributed by atoms with Gasteiger partial charge >= 0.3 is 0 Å². The van der Waals surface area contributed by atoms with Crippen LogP contribution in [0.1, 0.15) is 0 Å². The highest BCUT2D eigenvalue weighted by atomic mass is 14.6. The molecule has 1 heterocycles. The van der Waals surface area contributed by atoms with Crippen LogP contribution in [0.5, 0.6) is 0 Å². The molecule has 0 fully saturated rings. The molecule has 0 aliphatic rings. The lowest BCUT2D eigenvalue weighted by atomic mass is 10.0. The number of fused-ring (bicyclic) bond motifs is 1. The zero-order valence-corrected chi connectivity index (χ0v) is 8.72. The summed E-state index contributed by atoms with van der Waals surface area (Å²) in [6.45, 7) is 0. The van der Waals surface area contributed by atoms with Gasteiger partial charge in [-0.1, -0.05) is 36.4 Å². The summed E-state index contributed by atoms with van der Waals surface area (Å²) in [7, 11) is 0. The van der Waals surface area contributed by atoms with Gasteiger partial charge < -0.3 is 0 Å². The van der Waals surface area contributed by atoms with Crippen molar-refractivity contribution in [3.8, 4) is 11.1 Å². The van der Waals surface area contributed by atoms with Gasteiger partial charge in [-0.15, -0.1) is 0 Å². The van der Waals surface area contributed by atoms with Crippen LogP contribution in [0.2, 0.25) is 0 Å². The summed E-state index contributed by atoms with van der Waals surface area (Å²) in [5.74, 6) is 0. The van der Waals surface area contributed by atoms with Crippen molar-refractivity contribution in [3.63, 3.8) is 0 Å². The largest absolute Gasteiger partial charge is 0.256 e. The molecule has 1 nitrogen and oxygen atoms in total. The Labute approximate surface area is 94.4 Å². The fraction of sp³-hybridized carbons (Fsp3) is 0. The van der Waals surface area contributed by atoms with Crippen LogP contribution in [0.15, 0.2) is 60.8 Å². The molecule has 0 amide bonds. The summed E-state index contributed by atoms with van der Waals surface area (Å²) >= 11 is 0. The minimum Gasteiger partial charge on any atom is -0.256 e. The first-order chi connectivity index (χ1) is 7.95. The normalized spacial score (nSPS) is 10.5. The summed E-state index contributed by atoms with van der Waals surface area (Å²) < 4.78 is 0. The minimum atomic E-state index is 1.03. The highest BCUT2D eigenvalue weighted by Crippen LogP contribution is 2.26. The molecule has 75 valence electrons. The first kappa shape index (κ1) is 9.10. The third kappa shape index (κ3) is 1.47. The number of para-hydroxylation sites is 1.